The van der Waals surface area contributed by atoms with Gasteiger partial charge in [-0.25, -0.2) is 13.1 Å². The second-order valence-electron chi connectivity index (χ2n) is 3.80. The van der Waals surface area contributed by atoms with Gasteiger partial charge in [-0.05, 0) is 25.5 Å². The molecule has 0 aromatic heterocycles. The number of sulfonamides is 1. The molecule has 0 spiro atoms. The summed E-state index contributed by atoms with van der Waals surface area (Å²) in [6.45, 7) is 3.45. The number of halogens is 1. The van der Waals surface area contributed by atoms with Gasteiger partial charge in [0.2, 0.25) is 15.8 Å². The second kappa shape index (κ2) is 5.40. The molecule has 0 radical (unpaired) electrons. The summed E-state index contributed by atoms with van der Waals surface area (Å²) in [4.78, 5) is 9.25. The average Bonchev–Trinajstić information content (AvgIpc) is 2.28. The molecule has 0 saturated carbocycles. The number of hydrogen-bond acceptors (Lipinski definition) is 4. The standard InChI is InChI=1S/C10H13FN2O4S/c1-3-7(2)12-18(16,17)8-4-5-9(11)10(6-8)13(14)15/h4-7,12H,3H2,1-2H3/t7-/m1/s1. The van der Waals surface area contributed by atoms with Crippen LogP contribution in [0, 0.1) is 15.9 Å². The summed E-state index contributed by atoms with van der Waals surface area (Å²) in [5.74, 6) is -1.07. The van der Waals surface area contributed by atoms with Crippen LogP contribution in [0.3, 0.4) is 0 Å². The van der Waals surface area contributed by atoms with E-state index in [4.69, 9.17) is 0 Å². The van der Waals surface area contributed by atoms with Crippen LogP contribution in [0.4, 0.5) is 10.1 Å². The monoisotopic (exact) mass is 276 g/mol. The zero-order chi connectivity index (χ0) is 13.9. The third-order valence-electron chi connectivity index (χ3n) is 2.39. The van der Waals surface area contributed by atoms with E-state index >= 15 is 0 Å². The molecule has 0 bridgehead atoms. The SMILES string of the molecule is CC[C@@H](C)NS(=O)(=O)c1ccc(F)c([N+](=O)[O-])c1. The lowest BCUT2D eigenvalue weighted by molar-refractivity contribution is -0.387. The predicted octanol–water partition coefficient (Wildman–Crippen LogP) is 1.81. The zero-order valence-corrected chi connectivity index (χ0v) is 10.7. The predicted molar refractivity (Wildman–Crippen MR) is 63.1 cm³/mol. The summed E-state index contributed by atoms with van der Waals surface area (Å²) in [5, 5.41) is 10.5. The van der Waals surface area contributed by atoms with Crippen LogP contribution < -0.4 is 4.72 Å². The maximum absolute atomic E-state index is 13.1. The van der Waals surface area contributed by atoms with Crippen molar-refractivity contribution in [3.63, 3.8) is 0 Å². The van der Waals surface area contributed by atoms with Crippen LogP contribution >= 0.6 is 0 Å². The highest BCUT2D eigenvalue weighted by atomic mass is 32.2. The molecule has 8 heteroatoms. The van der Waals surface area contributed by atoms with Crippen LogP contribution in [-0.2, 0) is 10.0 Å². The molecule has 0 amide bonds. The summed E-state index contributed by atoms with van der Waals surface area (Å²) >= 11 is 0. The molecule has 1 aromatic rings. The highest BCUT2D eigenvalue weighted by Crippen LogP contribution is 2.21. The normalized spacial score (nSPS) is 13.3. The van der Waals surface area contributed by atoms with Crippen molar-refractivity contribution in [3.05, 3.63) is 34.1 Å². The number of nitrogens with zero attached hydrogens (tertiary/aromatic N) is 1. The average molecular weight is 276 g/mol. The molecular formula is C10H13FN2O4S. The van der Waals surface area contributed by atoms with Gasteiger partial charge in [-0.2, -0.15) is 4.39 Å². The summed E-state index contributed by atoms with van der Waals surface area (Å²) < 4.78 is 39.1. The Kier molecular flexibility index (Phi) is 4.36. The fourth-order valence-corrected chi connectivity index (χ4v) is 2.56. The Hall–Kier alpha value is -1.54. The molecule has 0 aliphatic heterocycles. The molecule has 1 N–H and O–H groups in total. The number of benzene rings is 1. The Morgan fingerprint density at radius 3 is 2.61 bits per heavy atom. The van der Waals surface area contributed by atoms with Gasteiger partial charge in [0, 0.05) is 12.1 Å². The van der Waals surface area contributed by atoms with E-state index in [2.05, 4.69) is 4.72 Å². The van der Waals surface area contributed by atoms with Gasteiger partial charge in [-0.15, -0.1) is 0 Å². The lowest BCUT2D eigenvalue weighted by Gasteiger charge is -2.11. The lowest BCUT2D eigenvalue weighted by atomic mass is 10.3. The van der Waals surface area contributed by atoms with E-state index < -0.39 is 26.5 Å². The highest BCUT2D eigenvalue weighted by Gasteiger charge is 2.22. The zero-order valence-electron chi connectivity index (χ0n) is 9.88. The Morgan fingerprint density at radius 1 is 1.50 bits per heavy atom. The topological polar surface area (TPSA) is 89.3 Å². The minimum atomic E-state index is -3.87. The van der Waals surface area contributed by atoms with E-state index in [0.29, 0.717) is 12.5 Å². The fourth-order valence-electron chi connectivity index (χ4n) is 1.22. The molecule has 0 saturated heterocycles. The van der Waals surface area contributed by atoms with E-state index in [1.807, 2.05) is 0 Å². The first-order valence-electron chi connectivity index (χ1n) is 5.24. The highest BCUT2D eigenvalue weighted by molar-refractivity contribution is 7.89. The molecule has 1 atom stereocenters. The maximum atomic E-state index is 13.1. The lowest BCUT2D eigenvalue weighted by Crippen LogP contribution is -2.32. The Labute approximate surface area is 104 Å². The van der Waals surface area contributed by atoms with Crippen molar-refractivity contribution in [1.29, 1.82) is 0 Å². The summed E-state index contributed by atoms with van der Waals surface area (Å²) in [6, 6.07) is 2.16. The van der Waals surface area contributed by atoms with Crippen LogP contribution in [0.1, 0.15) is 20.3 Å². The molecule has 0 heterocycles. The molecule has 100 valence electrons. The quantitative estimate of drug-likeness (QED) is 0.656. The smallest absolute Gasteiger partial charge is 0.258 e. The van der Waals surface area contributed by atoms with Crippen LogP contribution in [0.2, 0.25) is 0 Å². The van der Waals surface area contributed by atoms with E-state index in [9.17, 15) is 22.9 Å². The van der Waals surface area contributed by atoms with Gasteiger partial charge < -0.3 is 0 Å². The molecule has 0 fully saturated rings. The van der Waals surface area contributed by atoms with Crippen LogP contribution in [0.5, 0.6) is 0 Å². The molecule has 0 unspecified atom stereocenters. The van der Waals surface area contributed by atoms with Crippen LogP contribution in [0.15, 0.2) is 23.1 Å². The molecular weight excluding hydrogens is 263 g/mol. The van der Waals surface area contributed by atoms with E-state index in [0.717, 1.165) is 12.1 Å². The third kappa shape index (κ3) is 3.23. The Bertz CT molecular complexity index is 559. The van der Waals surface area contributed by atoms with E-state index in [-0.39, 0.29) is 10.9 Å². The number of hydrogen-bond donors (Lipinski definition) is 1. The van der Waals surface area contributed by atoms with Crippen molar-refractivity contribution in [3.8, 4) is 0 Å². The number of nitro benzene ring substituents is 1. The van der Waals surface area contributed by atoms with Gasteiger partial charge >= 0.3 is 5.69 Å². The minimum Gasteiger partial charge on any atom is -0.258 e. The number of rotatable bonds is 5. The summed E-state index contributed by atoms with van der Waals surface area (Å²) in [5.41, 5.74) is -0.859. The van der Waals surface area contributed by atoms with Crippen molar-refractivity contribution < 1.29 is 17.7 Å². The van der Waals surface area contributed by atoms with Crippen molar-refractivity contribution in [2.45, 2.75) is 31.2 Å². The molecule has 6 nitrogen and oxygen atoms in total. The first-order valence-corrected chi connectivity index (χ1v) is 6.72. The number of nitrogens with one attached hydrogen (secondary N) is 1. The molecule has 18 heavy (non-hydrogen) atoms. The van der Waals surface area contributed by atoms with Gasteiger partial charge in [-0.3, -0.25) is 10.1 Å². The maximum Gasteiger partial charge on any atom is 0.306 e. The van der Waals surface area contributed by atoms with E-state index in [1.165, 1.54) is 0 Å². The summed E-state index contributed by atoms with van der Waals surface area (Å²) in [7, 11) is -3.87. The van der Waals surface area contributed by atoms with Crippen LogP contribution in [-0.4, -0.2) is 19.4 Å². The first kappa shape index (κ1) is 14.5. The van der Waals surface area contributed by atoms with Crippen molar-refractivity contribution in [1.82, 2.24) is 4.72 Å². The summed E-state index contributed by atoms with van der Waals surface area (Å²) in [6.07, 6.45) is 0.572. The largest absolute Gasteiger partial charge is 0.306 e. The number of nitro groups is 1. The van der Waals surface area contributed by atoms with Gasteiger partial charge in [0.15, 0.2) is 0 Å². The van der Waals surface area contributed by atoms with Crippen molar-refractivity contribution in [2.75, 3.05) is 0 Å². The van der Waals surface area contributed by atoms with Gasteiger partial charge in [0.1, 0.15) is 0 Å². The molecule has 1 rings (SSSR count). The van der Waals surface area contributed by atoms with Gasteiger partial charge in [0.05, 0.1) is 9.82 Å². The molecule has 0 aliphatic carbocycles. The van der Waals surface area contributed by atoms with Gasteiger partial charge in [-0.1, -0.05) is 6.92 Å². The van der Waals surface area contributed by atoms with Gasteiger partial charge in [0.25, 0.3) is 0 Å². The van der Waals surface area contributed by atoms with E-state index in [1.54, 1.807) is 13.8 Å². The van der Waals surface area contributed by atoms with Crippen LogP contribution in [0.25, 0.3) is 0 Å². The Morgan fingerprint density at radius 2 is 2.11 bits per heavy atom. The first-order chi connectivity index (χ1) is 8.27. The Balaban J connectivity index is 3.18. The fraction of sp³-hybridized carbons (Fsp3) is 0.400. The molecule has 0 aliphatic rings. The third-order valence-corrected chi connectivity index (χ3v) is 3.98. The van der Waals surface area contributed by atoms with Crippen molar-refractivity contribution in [2.24, 2.45) is 0 Å². The second-order valence-corrected chi connectivity index (χ2v) is 5.51. The minimum absolute atomic E-state index is 0.306. The van der Waals surface area contributed by atoms with Crippen molar-refractivity contribution >= 4 is 15.7 Å². The molecule has 1 aromatic carbocycles.